The van der Waals surface area contributed by atoms with Crippen LogP contribution in [0, 0.1) is 0 Å². The van der Waals surface area contributed by atoms with Crippen LogP contribution in [-0.2, 0) is 0 Å². The lowest BCUT2D eigenvalue weighted by atomic mass is 10.0. The normalized spacial score (nSPS) is 34.9. The molecule has 82 valence electrons. The van der Waals surface area contributed by atoms with Gasteiger partial charge < -0.3 is 5.32 Å². The molecule has 2 unspecified atom stereocenters. The molecule has 14 heavy (non-hydrogen) atoms. The van der Waals surface area contributed by atoms with Crippen LogP contribution in [0.5, 0.6) is 0 Å². The highest BCUT2D eigenvalue weighted by Gasteiger charge is 2.25. The third kappa shape index (κ3) is 2.48. The molecular weight excluding hydrogens is 172 g/mol. The van der Waals surface area contributed by atoms with E-state index in [4.69, 9.17) is 0 Å². The quantitative estimate of drug-likeness (QED) is 0.743. The van der Waals surface area contributed by atoms with E-state index < -0.39 is 0 Å². The molecule has 0 bridgehead atoms. The Hall–Kier alpha value is -0.0800. The van der Waals surface area contributed by atoms with Gasteiger partial charge in [-0.2, -0.15) is 0 Å². The number of hydrogen-bond acceptors (Lipinski definition) is 2. The molecule has 2 nitrogen and oxygen atoms in total. The van der Waals surface area contributed by atoms with Crippen LogP contribution in [0.15, 0.2) is 0 Å². The molecule has 0 amide bonds. The van der Waals surface area contributed by atoms with Crippen molar-refractivity contribution in [3.63, 3.8) is 0 Å². The Bertz CT molecular complexity index is 164. The summed E-state index contributed by atoms with van der Waals surface area (Å²) in [6.45, 7) is 6.22. The van der Waals surface area contributed by atoms with Crippen molar-refractivity contribution < 1.29 is 0 Å². The van der Waals surface area contributed by atoms with Gasteiger partial charge in [-0.15, -0.1) is 0 Å². The van der Waals surface area contributed by atoms with E-state index in [1.165, 1.54) is 58.2 Å². The highest BCUT2D eigenvalue weighted by atomic mass is 15.2. The fourth-order valence-corrected chi connectivity index (χ4v) is 2.96. The summed E-state index contributed by atoms with van der Waals surface area (Å²) < 4.78 is 0. The highest BCUT2D eigenvalue weighted by Crippen LogP contribution is 2.21. The van der Waals surface area contributed by atoms with E-state index in [1.54, 1.807) is 0 Å². The zero-order valence-electron chi connectivity index (χ0n) is 9.47. The van der Waals surface area contributed by atoms with Crippen molar-refractivity contribution >= 4 is 0 Å². The second kappa shape index (κ2) is 5.13. The maximum Gasteiger partial charge on any atom is 0.0195 e. The van der Waals surface area contributed by atoms with Gasteiger partial charge in [0.2, 0.25) is 0 Å². The lowest BCUT2D eigenvalue weighted by Gasteiger charge is -2.31. The fourth-order valence-electron chi connectivity index (χ4n) is 2.96. The molecule has 2 aliphatic heterocycles. The summed E-state index contributed by atoms with van der Waals surface area (Å²) in [6.07, 6.45) is 8.41. The van der Waals surface area contributed by atoms with Crippen molar-refractivity contribution in [2.24, 2.45) is 0 Å². The third-order valence-corrected chi connectivity index (χ3v) is 3.84. The van der Waals surface area contributed by atoms with E-state index in [0.29, 0.717) is 0 Å². The Labute approximate surface area is 88.1 Å². The second-order valence-corrected chi connectivity index (χ2v) is 4.85. The van der Waals surface area contributed by atoms with E-state index in [2.05, 4.69) is 17.1 Å². The summed E-state index contributed by atoms with van der Waals surface area (Å²) in [6, 6.07) is 1.68. The predicted octanol–water partition coefficient (Wildman–Crippen LogP) is 2.00. The number of nitrogens with one attached hydrogen (secondary N) is 1. The molecule has 0 aromatic heterocycles. The van der Waals surface area contributed by atoms with Crippen LogP contribution in [0.4, 0.5) is 0 Å². The van der Waals surface area contributed by atoms with Gasteiger partial charge in [0.15, 0.2) is 0 Å². The first-order chi connectivity index (χ1) is 6.90. The molecule has 0 saturated carbocycles. The average Bonchev–Trinajstić information content (AvgIpc) is 2.67. The largest absolute Gasteiger partial charge is 0.313 e. The number of hydrogen-bond donors (Lipinski definition) is 1. The van der Waals surface area contributed by atoms with Gasteiger partial charge in [-0.3, -0.25) is 4.90 Å². The smallest absolute Gasteiger partial charge is 0.0195 e. The van der Waals surface area contributed by atoms with Crippen molar-refractivity contribution in [3.05, 3.63) is 0 Å². The molecule has 0 aliphatic carbocycles. The van der Waals surface area contributed by atoms with Crippen LogP contribution in [-0.4, -0.2) is 36.6 Å². The molecule has 0 radical (unpaired) electrons. The lowest BCUT2D eigenvalue weighted by molar-refractivity contribution is 0.206. The fraction of sp³-hybridized carbons (Fsp3) is 1.00. The molecule has 0 aromatic carbocycles. The molecule has 0 aromatic rings. The van der Waals surface area contributed by atoms with Crippen molar-refractivity contribution in [3.8, 4) is 0 Å². The van der Waals surface area contributed by atoms with E-state index in [-0.39, 0.29) is 0 Å². The monoisotopic (exact) mass is 196 g/mol. The summed E-state index contributed by atoms with van der Waals surface area (Å²) >= 11 is 0. The van der Waals surface area contributed by atoms with Gasteiger partial charge in [0.1, 0.15) is 0 Å². The average molecular weight is 196 g/mol. The topological polar surface area (TPSA) is 15.3 Å². The molecule has 2 heteroatoms. The Balaban J connectivity index is 1.77. The van der Waals surface area contributed by atoms with Gasteiger partial charge >= 0.3 is 0 Å². The Morgan fingerprint density at radius 3 is 2.86 bits per heavy atom. The van der Waals surface area contributed by atoms with Crippen LogP contribution in [0.2, 0.25) is 0 Å². The van der Waals surface area contributed by atoms with Gasteiger partial charge in [-0.05, 0) is 45.2 Å². The van der Waals surface area contributed by atoms with Crippen LogP contribution in [0.1, 0.15) is 45.4 Å². The van der Waals surface area contributed by atoms with Crippen molar-refractivity contribution in [2.45, 2.75) is 57.5 Å². The molecular formula is C12H24N2. The minimum absolute atomic E-state index is 0.788. The highest BCUT2D eigenvalue weighted by molar-refractivity contribution is 4.83. The summed E-state index contributed by atoms with van der Waals surface area (Å²) in [5.74, 6) is 0. The Kier molecular flexibility index (Phi) is 3.82. The number of likely N-dealkylation sites (tertiary alicyclic amines) is 1. The Morgan fingerprint density at radius 1 is 1.21 bits per heavy atom. The molecule has 2 heterocycles. The Morgan fingerprint density at radius 2 is 2.14 bits per heavy atom. The zero-order chi connectivity index (χ0) is 9.80. The summed E-state index contributed by atoms with van der Waals surface area (Å²) in [5.41, 5.74) is 0. The van der Waals surface area contributed by atoms with Gasteiger partial charge in [0, 0.05) is 18.6 Å². The summed E-state index contributed by atoms with van der Waals surface area (Å²) in [5, 5.41) is 3.65. The van der Waals surface area contributed by atoms with Crippen molar-refractivity contribution in [1.29, 1.82) is 0 Å². The molecule has 2 aliphatic rings. The van der Waals surface area contributed by atoms with Gasteiger partial charge in [0.05, 0.1) is 0 Å². The predicted molar refractivity (Wildman–Crippen MR) is 60.5 cm³/mol. The van der Waals surface area contributed by atoms with Crippen LogP contribution >= 0.6 is 0 Å². The number of rotatable bonds is 3. The molecule has 0 spiro atoms. The first kappa shape index (κ1) is 10.4. The number of nitrogens with zero attached hydrogens (tertiary/aromatic N) is 1. The standard InChI is InChI=1S/C12H24N2/c1-2-12-7-5-9-14(12)10-11-6-3-4-8-13-11/h11-13H,2-10H2,1H3. The first-order valence-electron chi connectivity index (χ1n) is 6.37. The third-order valence-electron chi connectivity index (χ3n) is 3.84. The van der Waals surface area contributed by atoms with Crippen molar-refractivity contribution in [1.82, 2.24) is 10.2 Å². The molecule has 2 rings (SSSR count). The maximum absolute atomic E-state index is 3.65. The molecule has 2 fully saturated rings. The minimum atomic E-state index is 0.788. The maximum atomic E-state index is 3.65. The minimum Gasteiger partial charge on any atom is -0.313 e. The molecule has 2 saturated heterocycles. The van der Waals surface area contributed by atoms with Gasteiger partial charge in [-0.1, -0.05) is 13.3 Å². The molecule has 1 N–H and O–H groups in total. The van der Waals surface area contributed by atoms with E-state index in [9.17, 15) is 0 Å². The van der Waals surface area contributed by atoms with Crippen LogP contribution < -0.4 is 5.32 Å². The molecule has 2 atom stereocenters. The van der Waals surface area contributed by atoms with Crippen molar-refractivity contribution in [2.75, 3.05) is 19.6 Å². The SMILES string of the molecule is CCC1CCCN1CC1CCCCN1. The summed E-state index contributed by atoms with van der Waals surface area (Å²) in [7, 11) is 0. The van der Waals surface area contributed by atoms with E-state index >= 15 is 0 Å². The van der Waals surface area contributed by atoms with E-state index in [0.717, 1.165) is 12.1 Å². The first-order valence-corrected chi connectivity index (χ1v) is 6.37. The van der Waals surface area contributed by atoms with E-state index in [1.807, 2.05) is 0 Å². The van der Waals surface area contributed by atoms with Crippen LogP contribution in [0.25, 0.3) is 0 Å². The zero-order valence-corrected chi connectivity index (χ0v) is 9.47. The second-order valence-electron chi connectivity index (χ2n) is 4.85. The lowest BCUT2D eigenvalue weighted by Crippen LogP contribution is -2.45. The number of piperidine rings is 1. The van der Waals surface area contributed by atoms with Crippen LogP contribution in [0.3, 0.4) is 0 Å². The van der Waals surface area contributed by atoms with Gasteiger partial charge in [0.25, 0.3) is 0 Å². The van der Waals surface area contributed by atoms with Gasteiger partial charge in [-0.25, -0.2) is 0 Å². The summed E-state index contributed by atoms with van der Waals surface area (Å²) in [4.78, 5) is 2.71.